The molecule has 16 aromatic rings. The lowest BCUT2D eigenvalue weighted by Crippen LogP contribution is -2.37. The van der Waals surface area contributed by atoms with Crippen LogP contribution in [0.1, 0.15) is 195 Å². The van der Waals surface area contributed by atoms with Crippen LogP contribution in [-0.4, -0.2) is 23.1 Å². The predicted octanol–water partition coefficient (Wildman–Crippen LogP) is 34.1. The third-order valence-corrected chi connectivity index (χ3v) is 37.7. The largest absolute Gasteiger partial charge is 0.299 e. The standard InChI is InChI=1S/C140H128O4/c141-137-129-105-69-77-110(78-70-105)134-126(118-50-26-46-114(86-118)94-39-19-6-20-40-94)122(102-63-55-98(56-64-102)90-31-11-2-12-32-90)131(138(134)142)107-73-81-112(82-74-107)136-128(120-52-28-48-116(88-120)96-43-23-8-24-44-96)124(104-67-59-100(60-68-104)92-35-15-4-16-36-92)132(140(136)144)108-75-83-111(84-76-108)135-127(119-51-27-47-115(87-119)95-41-21-7-22-42-95)123(103-65-57-99(58-66-103)91-33-13-3-14-34-91)130(139(135)143)106-71-79-109(80-72-106)133(137)125(117-49-25-45-113(85-117)93-37-17-5-18-38-93)121(129)101-61-53-97(54-62-101)89-29-9-1-10-30-89/h1-68,85-88,105-112,121-136H,69-84H2. The van der Waals surface area contributed by atoms with Crippen molar-refractivity contribution in [2.24, 2.45) is 94.7 Å². The number of Topliss-reactive ketones (excluding diaryl/α,β-unsaturated/α-hetero) is 4. The monoisotopic (exact) mass is 1870 g/mol. The fourth-order valence-corrected chi connectivity index (χ4v) is 31.4. The van der Waals surface area contributed by atoms with Gasteiger partial charge >= 0.3 is 0 Å². The Morgan fingerprint density at radius 2 is 0.222 bits per heavy atom. The summed E-state index contributed by atoms with van der Waals surface area (Å²) in [7, 11) is 0. The predicted molar refractivity (Wildman–Crippen MR) is 587 cm³/mol. The van der Waals surface area contributed by atoms with Crippen molar-refractivity contribution in [2.45, 2.75) is 150 Å². The van der Waals surface area contributed by atoms with Crippen LogP contribution in [0.15, 0.2) is 437 Å². The molecule has 15 saturated carbocycles. The van der Waals surface area contributed by atoms with Crippen molar-refractivity contribution in [2.75, 3.05) is 0 Å². The highest BCUT2D eigenvalue weighted by Gasteiger charge is 2.64. The van der Waals surface area contributed by atoms with Gasteiger partial charge in [0, 0.05) is 94.7 Å². The summed E-state index contributed by atoms with van der Waals surface area (Å²) in [4.78, 5) is 71.4. The summed E-state index contributed by atoms with van der Waals surface area (Å²) in [6.45, 7) is 0. The second-order valence-electron chi connectivity index (χ2n) is 44.6. The van der Waals surface area contributed by atoms with Gasteiger partial charge in [-0.05, 0) is 284 Å². The summed E-state index contributed by atoms with van der Waals surface area (Å²) < 4.78 is 0. The lowest BCUT2D eigenvalue weighted by molar-refractivity contribution is -0.131. The number of rotatable bonds is 16. The lowest BCUT2D eigenvalue weighted by atomic mass is 9.64. The normalized spacial score (nSPS) is 28.7. The van der Waals surface area contributed by atoms with E-state index in [4.69, 9.17) is 0 Å². The van der Waals surface area contributed by atoms with Crippen LogP contribution in [0.5, 0.6) is 0 Å². The molecule has 15 aliphatic carbocycles. The second kappa shape index (κ2) is 40.1. The van der Waals surface area contributed by atoms with Crippen LogP contribution in [0, 0.1) is 94.7 Å². The number of carbonyl (C=O) groups is 4. The summed E-state index contributed by atoms with van der Waals surface area (Å²) in [6, 6.07) is 162. The fraction of sp³-hybridized carbons (Fsp3) is 0.286. The first-order valence-electron chi connectivity index (χ1n) is 54.5. The Morgan fingerprint density at radius 1 is 0.104 bits per heavy atom. The summed E-state index contributed by atoms with van der Waals surface area (Å²) in [5, 5.41) is 0. The molecule has 0 spiro atoms. The van der Waals surface area contributed by atoms with Crippen LogP contribution in [0.25, 0.3) is 89.0 Å². The van der Waals surface area contributed by atoms with Gasteiger partial charge in [0.25, 0.3) is 0 Å². The molecule has 0 N–H and O–H groups in total. The van der Waals surface area contributed by atoms with Gasteiger partial charge in [-0.15, -0.1) is 0 Å². The van der Waals surface area contributed by atoms with Crippen molar-refractivity contribution >= 4 is 23.1 Å². The molecule has 0 aliphatic heterocycles. The number of carbonyl (C=O) groups excluding carboxylic acids is 4. The van der Waals surface area contributed by atoms with Crippen molar-refractivity contribution in [1.29, 1.82) is 0 Å². The summed E-state index contributed by atoms with van der Waals surface area (Å²) in [6.07, 6.45) is 13.6. The Hall–Kier alpha value is -13.8. The summed E-state index contributed by atoms with van der Waals surface area (Å²) >= 11 is 0. The van der Waals surface area contributed by atoms with Crippen LogP contribution >= 0.6 is 0 Å². The number of hydrogen-bond acceptors (Lipinski definition) is 4. The van der Waals surface area contributed by atoms with Crippen molar-refractivity contribution in [3.05, 3.63) is 481 Å². The average Bonchev–Trinajstić information content (AvgIpc) is 1.57. The summed E-state index contributed by atoms with van der Waals surface area (Å²) in [5.41, 5.74) is 28.6. The molecule has 16 aromatic carbocycles. The molecule has 0 amide bonds. The number of benzene rings is 16. The molecule has 0 saturated heterocycles. The minimum Gasteiger partial charge on any atom is -0.299 e. The Kier molecular flexibility index (Phi) is 25.4. The Morgan fingerprint density at radius 3 is 0.368 bits per heavy atom. The number of hydrogen-bond donors (Lipinski definition) is 0. The van der Waals surface area contributed by atoms with E-state index in [1.807, 2.05) is 0 Å². The molecule has 0 heterocycles. The zero-order valence-electron chi connectivity index (χ0n) is 82.4. The Labute approximate surface area is 851 Å². The maximum atomic E-state index is 17.8. The van der Waals surface area contributed by atoms with E-state index < -0.39 is 0 Å². The van der Waals surface area contributed by atoms with E-state index in [1.165, 1.54) is 134 Å². The minimum atomic E-state index is -0.282. The molecule has 0 radical (unpaired) electrons. The van der Waals surface area contributed by atoms with Gasteiger partial charge in [-0.2, -0.15) is 0 Å². The van der Waals surface area contributed by atoms with E-state index in [9.17, 15) is 0 Å². The second-order valence-corrected chi connectivity index (χ2v) is 44.6. The van der Waals surface area contributed by atoms with Gasteiger partial charge in [0.15, 0.2) is 0 Å². The van der Waals surface area contributed by atoms with Crippen molar-refractivity contribution in [1.82, 2.24) is 0 Å². The average molecular weight is 1870 g/mol. The van der Waals surface area contributed by atoms with E-state index in [-0.39, 0.29) is 142 Å². The molecule has 144 heavy (non-hydrogen) atoms. The first-order chi connectivity index (χ1) is 71.1. The molecule has 0 aromatic heterocycles. The third-order valence-electron chi connectivity index (χ3n) is 37.7. The SMILES string of the molecule is O=C1C2C3CCC(CC3)C3C(=O)C(C4CCC(CC4)C4C(=O)C(C5CCC(CC5)C5C(=O)C(C6CCC(CC6)C1C(c1cccc(-c6ccccc6)c1)C2c1ccc(-c2ccccc2)cc1)C(c1ccc(-c2ccccc2)cc1)C5c1cccc(-c2ccccc2)c1)C(c1ccc(-c2ccccc2)cc1)C4c1cccc(-c2ccccc2)c1)C(c1ccc(-c2ccccc2)cc1)C3c1cccc(-c2ccccc2)c1. The molecule has 16 unspecified atom stereocenters. The first-order valence-corrected chi connectivity index (χ1v) is 54.5. The highest BCUT2D eigenvalue weighted by Crippen LogP contribution is 2.68. The van der Waals surface area contributed by atoms with Crippen LogP contribution in [0.4, 0.5) is 0 Å². The smallest absolute Gasteiger partial charge is 0.140 e. The Bertz CT molecular complexity index is 6330. The van der Waals surface area contributed by atoms with Crippen molar-refractivity contribution in [3.8, 4) is 89.0 Å². The van der Waals surface area contributed by atoms with Gasteiger partial charge in [-0.3, -0.25) is 19.2 Å². The third kappa shape index (κ3) is 17.3. The molecule has 712 valence electrons. The maximum Gasteiger partial charge on any atom is 0.140 e. The van der Waals surface area contributed by atoms with E-state index >= 15 is 19.2 Å². The van der Waals surface area contributed by atoms with E-state index in [1.54, 1.807) is 0 Å². The van der Waals surface area contributed by atoms with Crippen LogP contribution < -0.4 is 0 Å². The zero-order chi connectivity index (χ0) is 96.2. The lowest BCUT2D eigenvalue weighted by Gasteiger charge is -2.39. The van der Waals surface area contributed by atoms with E-state index in [0.717, 1.165) is 103 Å². The molecule has 4 nitrogen and oxygen atoms in total. The maximum absolute atomic E-state index is 17.8. The van der Waals surface area contributed by atoms with Crippen molar-refractivity contribution < 1.29 is 19.2 Å². The molecular weight excluding hydrogens is 1750 g/mol. The molecule has 15 fully saturated rings. The highest BCUT2D eigenvalue weighted by molar-refractivity contribution is 5.94. The van der Waals surface area contributed by atoms with Crippen molar-refractivity contribution in [3.63, 3.8) is 0 Å². The van der Waals surface area contributed by atoms with Gasteiger partial charge in [-0.25, -0.2) is 0 Å². The van der Waals surface area contributed by atoms with Crippen LogP contribution in [0.3, 0.4) is 0 Å². The zero-order valence-corrected chi connectivity index (χ0v) is 82.4. The van der Waals surface area contributed by atoms with Gasteiger partial charge in [0.1, 0.15) is 23.1 Å². The highest BCUT2D eigenvalue weighted by atomic mass is 16.1. The van der Waals surface area contributed by atoms with Crippen LogP contribution in [-0.2, 0) is 19.2 Å². The van der Waals surface area contributed by atoms with Gasteiger partial charge in [-0.1, -0.05) is 437 Å². The quantitative estimate of drug-likeness (QED) is 0.0967. The Balaban J connectivity index is 0.661. The summed E-state index contributed by atoms with van der Waals surface area (Å²) in [5.74, 6) is -1.04. The molecule has 15 aliphatic rings. The minimum absolute atomic E-state index is 0.0630. The molecule has 16 bridgehead atoms. The van der Waals surface area contributed by atoms with Gasteiger partial charge < -0.3 is 0 Å². The number of ketones is 4. The van der Waals surface area contributed by atoms with Crippen LogP contribution in [0.2, 0.25) is 0 Å². The molecular formula is C140H128O4. The fourth-order valence-electron chi connectivity index (χ4n) is 31.4. The van der Waals surface area contributed by atoms with Gasteiger partial charge in [0.2, 0.25) is 0 Å². The van der Waals surface area contributed by atoms with E-state index in [0.29, 0.717) is 23.1 Å². The molecule has 4 heteroatoms. The molecule has 16 atom stereocenters. The van der Waals surface area contributed by atoms with E-state index in [2.05, 4.69) is 437 Å². The first kappa shape index (κ1) is 91.4. The molecule has 31 rings (SSSR count). The topological polar surface area (TPSA) is 68.3 Å². The van der Waals surface area contributed by atoms with Gasteiger partial charge in [0.05, 0.1) is 0 Å².